The molecule has 1 atom stereocenters. The smallest absolute Gasteiger partial charge is 0.143 e. The van der Waals surface area contributed by atoms with Crippen LogP contribution in [0.5, 0.6) is 0 Å². The van der Waals surface area contributed by atoms with Crippen molar-refractivity contribution in [1.82, 2.24) is 0 Å². The lowest BCUT2D eigenvalue weighted by molar-refractivity contribution is 0.668. The van der Waals surface area contributed by atoms with Gasteiger partial charge < -0.3 is 19.1 Å². The second kappa shape index (κ2) is 10.1. The molecular weight excluding hydrogens is 576 g/mol. The van der Waals surface area contributed by atoms with Crippen molar-refractivity contribution in [3.63, 3.8) is 0 Å². The third-order valence-electron chi connectivity index (χ3n) is 9.49. The summed E-state index contributed by atoms with van der Waals surface area (Å²) in [5, 5.41) is 8.26. The van der Waals surface area contributed by atoms with Crippen molar-refractivity contribution in [2.45, 2.75) is 6.17 Å². The Bertz CT molecular complexity index is 2620. The number of benzene rings is 7. The molecule has 0 amide bonds. The van der Waals surface area contributed by atoms with E-state index >= 15 is 0 Å². The lowest BCUT2D eigenvalue weighted by Crippen LogP contribution is -2.24. The number of rotatable bonds is 4. The highest BCUT2D eigenvalue weighted by atomic mass is 16.3. The van der Waals surface area contributed by atoms with E-state index in [2.05, 4.69) is 156 Å². The topological polar surface area (TPSA) is 41.5 Å². The Morgan fingerprint density at radius 1 is 0.489 bits per heavy atom. The zero-order chi connectivity index (χ0) is 30.9. The van der Waals surface area contributed by atoms with E-state index in [1.165, 1.54) is 0 Å². The Balaban J connectivity index is 1.22. The van der Waals surface area contributed by atoms with Crippen LogP contribution in [0.2, 0.25) is 0 Å². The minimum Gasteiger partial charge on any atom is -0.456 e. The van der Waals surface area contributed by atoms with Crippen LogP contribution in [0.4, 0.5) is 17.1 Å². The van der Waals surface area contributed by atoms with Crippen molar-refractivity contribution in [2.24, 2.45) is 0 Å². The van der Waals surface area contributed by atoms with Gasteiger partial charge in [0.05, 0.1) is 11.4 Å². The standard InChI is InChI=1S/C43H28N2O2/c1-3-12-27(13-4-1)40-34(43-44-36-19-8-9-20-37(36)45(43)29-14-5-2-6-15-29)24-23-33-32-18-11-17-30(41(32)47-42(33)40)28-22-25-39-35(26-28)31-16-7-10-21-38(31)46-39/h1-26,43-44H. The summed E-state index contributed by atoms with van der Waals surface area (Å²) in [5.41, 5.74) is 12.4. The lowest BCUT2D eigenvalue weighted by atomic mass is 9.94. The van der Waals surface area contributed by atoms with Crippen LogP contribution in [-0.2, 0) is 0 Å². The number of fused-ring (bicyclic) bond motifs is 7. The summed E-state index contributed by atoms with van der Waals surface area (Å²) in [6.45, 7) is 0. The van der Waals surface area contributed by atoms with Gasteiger partial charge in [0.15, 0.2) is 0 Å². The molecule has 9 aromatic rings. The van der Waals surface area contributed by atoms with Gasteiger partial charge in [0.1, 0.15) is 28.5 Å². The summed E-state index contributed by atoms with van der Waals surface area (Å²) in [4.78, 5) is 2.39. The van der Waals surface area contributed by atoms with Gasteiger partial charge in [-0.2, -0.15) is 0 Å². The first-order valence-corrected chi connectivity index (χ1v) is 16.0. The van der Waals surface area contributed by atoms with Crippen molar-refractivity contribution >= 4 is 60.9 Å². The molecule has 3 heterocycles. The molecule has 0 aliphatic carbocycles. The predicted octanol–water partition coefficient (Wildman–Crippen LogP) is 12.1. The Hall–Kier alpha value is -6.26. The van der Waals surface area contributed by atoms with E-state index in [9.17, 15) is 0 Å². The first-order valence-electron chi connectivity index (χ1n) is 16.0. The molecule has 47 heavy (non-hydrogen) atoms. The van der Waals surface area contributed by atoms with Gasteiger partial charge in [-0.3, -0.25) is 0 Å². The molecule has 0 saturated carbocycles. The average Bonchev–Trinajstić information content (AvgIpc) is 3.83. The molecule has 1 N–H and O–H groups in total. The van der Waals surface area contributed by atoms with Gasteiger partial charge >= 0.3 is 0 Å². The summed E-state index contributed by atoms with van der Waals surface area (Å²) in [5.74, 6) is 0. The van der Waals surface area contributed by atoms with Gasteiger partial charge in [0, 0.05) is 43.9 Å². The van der Waals surface area contributed by atoms with Gasteiger partial charge in [0.25, 0.3) is 0 Å². The molecular formula is C43H28N2O2. The van der Waals surface area contributed by atoms with Crippen molar-refractivity contribution in [1.29, 1.82) is 0 Å². The number of nitrogens with one attached hydrogen (secondary N) is 1. The highest BCUT2D eigenvalue weighted by molar-refractivity contribution is 6.14. The Morgan fingerprint density at radius 2 is 1.21 bits per heavy atom. The van der Waals surface area contributed by atoms with Crippen LogP contribution in [-0.4, -0.2) is 0 Å². The van der Waals surface area contributed by atoms with Gasteiger partial charge in [0.2, 0.25) is 0 Å². The molecule has 2 aromatic heterocycles. The highest BCUT2D eigenvalue weighted by Crippen LogP contribution is 2.50. The number of para-hydroxylation sites is 5. The molecule has 1 unspecified atom stereocenters. The first-order chi connectivity index (χ1) is 23.3. The fraction of sp³-hybridized carbons (Fsp3) is 0.0233. The van der Waals surface area contributed by atoms with E-state index in [4.69, 9.17) is 8.83 Å². The fourth-order valence-electron chi connectivity index (χ4n) is 7.38. The minimum atomic E-state index is -0.140. The Morgan fingerprint density at radius 3 is 2.11 bits per heavy atom. The van der Waals surface area contributed by atoms with Gasteiger partial charge in [-0.15, -0.1) is 0 Å². The van der Waals surface area contributed by atoms with Crippen molar-refractivity contribution in [3.8, 4) is 22.3 Å². The largest absolute Gasteiger partial charge is 0.456 e. The van der Waals surface area contributed by atoms with Crippen molar-refractivity contribution in [3.05, 3.63) is 163 Å². The first kappa shape index (κ1) is 26.0. The van der Waals surface area contributed by atoms with E-state index in [1.807, 2.05) is 12.1 Å². The van der Waals surface area contributed by atoms with E-state index < -0.39 is 0 Å². The molecule has 1 aliphatic rings. The van der Waals surface area contributed by atoms with Crippen LogP contribution in [0.3, 0.4) is 0 Å². The second-order valence-corrected chi connectivity index (χ2v) is 12.1. The van der Waals surface area contributed by atoms with E-state index in [0.29, 0.717) is 0 Å². The quantitative estimate of drug-likeness (QED) is 0.217. The van der Waals surface area contributed by atoms with Crippen LogP contribution in [0.15, 0.2) is 167 Å². The molecule has 0 bridgehead atoms. The molecule has 1 aliphatic heterocycles. The normalized spacial score (nSPS) is 14.3. The molecule has 0 fully saturated rings. The van der Waals surface area contributed by atoms with Crippen LogP contribution >= 0.6 is 0 Å². The molecule has 0 saturated heterocycles. The molecule has 0 radical (unpaired) electrons. The Kier molecular flexibility index (Phi) is 5.60. The van der Waals surface area contributed by atoms with Crippen LogP contribution < -0.4 is 10.2 Å². The third-order valence-corrected chi connectivity index (χ3v) is 9.49. The van der Waals surface area contributed by atoms with E-state index in [0.717, 1.165) is 88.8 Å². The van der Waals surface area contributed by atoms with E-state index in [-0.39, 0.29) is 6.17 Å². The molecule has 10 rings (SSSR count). The minimum absolute atomic E-state index is 0.140. The van der Waals surface area contributed by atoms with Gasteiger partial charge in [-0.1, -0.05) is 115 Å². The van der Waals surface area contributed by atoms with Gasteiger partial charge in [-0.25, -0.2) is 0 Å². The van der Waals surface area contributed by atoms with Crippen molar-refractivity contribution < 1.29 is 8.83 Å². The van der Waals surface area contributed by atoms with Gasteiger partial charge in [-0.05, 0) is 53.6 Å². The monoisotopic (exact) mass is 604 g/mol. The molecule has 7 aromatic carbocycles. The fourth-order valence-corrected chi connectivity index (χ4v) is 7.38. The summed E-state index contributed by atoms with van der Waals surface area (Å²) >= 11 is 0. The average molecular weight is 605 g/mol. The number of furan rings is 2. The second-order valence-electron chi connectivity index (χ2n) is 12.1. The maximum Gasteiger partial charge on any atom is 0.143 e. The molecule has 222 valence electrons. The maximum atomic E-state index is 7.05. The summed E-state index contributed by atoms with van der Waals surface area (Å²) < 4.78 is 13.2. The number of nitrogens with zero attached hydrogens (tertiary/aromatic N) is 1. The third kappa shape index (κ3) is 3.95. The Labute approximate surface area is 271 Å². The number of hydrogen-bond acceptors (Lipinski definition) is 4. The van der Waals surface area contributed by atoms with Crippen LogP contribution in [0.25, 0.3) is 66.1 Å². The SMILES string of the molecule is c1ccc(-c2c(C3Nc4ccccc4N3c3ccccc3)ccc3c2oc2c(-c4ccc5oc6ccccc6c5c4)cccc23)cc1. The highest BCUT2D eigenvalue weighted by Gasteiger charge is 2.34. The van der Waals surface area contributed by atoms with E-state index in [1.54, 1.807) is 0 Å². The molecule has 0 spiro atoms. The number of anilines is 3. The summed E-state index contributed by atoms with van der Waals surface area (Å²) in [6.07, 6.45) is -0.140. The van der Waals surface area contributed by atoms with Crippen LogP contribution in [0, 0.1) is 0 Å². The van der Waals surface area contributed by atoms with Crippen molar-refractivity contribution in [2.75, 3.05) is 10.2 Å². The summed E-state index contributed by atoms with van der Waals surface area (Å²) in [7, 11) is 0. The van der Waals surface area contributed by atoms with Crippen LogP contribution in [0.1, 0.15) is 11.7 Å². The molecule has 4 heteroatoms. The lowest BCUT2D eigenvalue weighted by Gasteiger charge is -2.29. The number of hydrogen-bond donors (Lipinski definition) is 1. The summed E-state index contributed by atoms with van der Waals surface area (Å²) in [6, 6.07) is 55.4. The zero-order valence-electron chi connectivity index (χ0n) is 25.4. The zero-order valence-corrected chi connectivity index (χ0v) is 25.4. The maximum absolute atomic E-state index is 7.05. The predicted molar refractivity (Wildman–Crippen MR) is 193 cm³/mol. The molecule has 4 nitrogen and oxygen atoms in total.